The Balaban J connectivity index is 1.65. The predicted octanol–water partition coefficient (Wildman–Crippen LogP) is 3.68. The summed E-state index contributed by atoms with van der Waals surface area (Å²) in [5, 5.41) is 15.4. The Labute approximate surface area is 155 Å². The van der Waals surface area contributed by atoms with Gasteiger partial charge in [0.2, 0.25) is 5.95 Å². The van der Waals surface area contributed by atoms with Gasteiger partial charge in [-0.1, -0.05) is 41.9 Å². The van der Waals surface area contributed by atoms with Crippen molar-refractivity contribution in [2.24, 2.45) is 0 Å². The molecular formula is C19H14ClN5O. The van der Waals surface area contributed by atoms with Crippen molar-refractivity contribution in [2.75, 3.05) is 5.32 Å². The molecule has 7 heteroatoms. The number of nitrogens with one attached hydrogen (secondary N) is 2. The third-order valence-corrected chi connectivity index (χ3v) is 3.97. The highest BCUT2D eigenvalue weighted by Gasteiger charge is 2.09. The Kier molecular flexibility index (Phi) is 5.42. The van der Waals surface area contributed by atoms with Crippen LogP contribution in [0.2, 0.25) is 5.02 Å². The zero-order chi connectivity index (χ0) is 18.4. The molecule has 3 rings (SSSR count). The van der Waals surface area contributed by atoms with Gasteiger partial charge in [-0.05, 0) is 23.8 Å². The number of anilines is 2. The summed E-state index contributed by atoms with van der Waals surface area (Å²) in [6.45, 7) is 0.314. The normalized spacial score (nSPS) is 10.0. The van der Waals surface area contributed by atoms with Crippen molar-refractivity contribution in [1.82, 2.24) is 15.3 Å². The second kappa shape index (κ2) is 8.10. The van der Waals surface area contributed by atoms with Gasteiger partial charge in [-0.25, -0.2) is 9.97 Å². The number of para-hydroxylation sites is 1. The smallest absolute Gasteiger partial charge is 0.254 e. The average Bonchev–Trinajstić information content (AvgIpc) is 2.68. The molecule has 1 amide bonds. The zero-order valence-corrected chi connectivity index (χ0v) is 14.4. The lowest BCUT2D eigenvalue weighted by Crippen LogP contribution is -2.23. The van der Waals surface area contributed by atoms with E-state index in [1.165, 1.54) is 12.4 Å². The van der Waals surface area contributed by atoms with Gasteiger partial charge >= 0.3 is 0 Å². The van der Waals surface area contributed by atoms with Crippen LogP contribution in [0.3, 0.4) is 0 Å². The quantitative estimate of drug-likeness (QED) is 0.721. The van der Waals surface area contributed by atoms with E-state index in [1.807, 2.05) is 18.2 Å². The maximum absolute atomic E-state index is 12.2. The first kappa shape index (κ1) is 17.4. The van der Waals surface area contributed by atoms with Crippen LogP contribution in [0.25, 0.3) is 0 Å². The number of rotatable bonds is 5. The molecule has 0 radical (unpaired) electrons. The van der Waals surface area contributed by atoms with Crippen LogP contribution in [-0.4, -0.2) is 15.9 Å². The summed E-state index contributed by atoms with van der Waals surface area (Å²) in [4.78, 5) is 20.5. The van der Waals surface area contributed by atoms with Gasteiger partial charge in [-0.2, -0.15) is 5.26 Å². The van der Waals surface area contributed by atoms with Crippen LogP contribution >= 0.6 is 11.6 Å². The van der Waals surface area contributed by atoms with Crippen LogP contribution in [0, 0.1) is 11.3 Å². The van der Waals surface area contributed by atoms with Gasteiger partial charge < -0.3 is 10.6 Å². The topological polar surface area (TPSA) is 90.7 Å². The third kappa shape index (κ3) is 4.15. The van der Waals surface area contributed by atoms with Crippen molar-refractivity contribution in [1.29, 1.82) is 5.26 Å². The Morgan fingerprint density at radius 1 is 1.08 bits per heavy atom. The van der Waals surface area contributed by atoms with Crippen molar-refractivity contribution >= 4 is 29.1 Å². The molecule has 26 heavy (non-hydrogen) atoms. The Bertz CT molecular complexity index is 966. The number of benzene rings is 2. The second-order valence-electron chi connectivity index (χ2n) is 5.35. The Morgan fingerprint density at radius 3 is 2.50 bits per heavy atom. The van der Waals surface area contributed by atoms with Gasteiger partial charge in [0.25, 0.3) is 5.91 Å². The molecular weight excluding hydrogens is 350 g/mol. The van der Waals surface area contributed by atoms with Gasteiger partial charge in [0.15, 0.2) is 0 Å². The van der Waals surface area contributed by atoms with E-state index >= 15 is 0 Å². The summed E-state index contributed by atoms with van der Waals surface area (Å²) < 4.78 is 0. The highest BCUT2D eigenvalue weighted by Crippen LogP contribution is 2.17. The number of halogens is 1. The number of carbonyl (C=O) groups is 1. The molecule has 2 N–H and O–H groups in total. The maximum atomic E-state index is 12.2. The monoisotopic (exact) mass is 363 g/mol. The summed E-state index contributed by atoms with van der Waals surface area (Å²) >= 11 is 6.07. The SMILES string of the molecule is N#Cc1ccccc1Nc1ncc(C(=O)NCc2ccccc2Cl)cn1. The average molecular weight is 364 g/mol. The third-order valence-electron chi connectivity index (χ3n) is 3.61. The van der Waals surface area contributed by atoms with Crippen LogP contribution in [0.15, 0.2) is 60.9 Å². The first-order valence-corrected chi connectivity index (χ1v) is 8.15. The van der Waals surface area contributed by atoms with Crippen molar-refractivity contribution in [3.8, 4) is 6.07 Å². The van der Waals surface area contributed by atoms with Crippen molar-refractivity contribution in [3.05, 3.63) is 82.6 Å². The zero-order valence-electron chi connectivity index (χ0n) is 13.6. The summed E-state index contributed by atoms with van der Waals surface area (Å²) in [5.74, 6) is 0.00393. The Hall–Kier alpha value is -3.43. The van der Waals surface area contributed by atoms with E-state index in [-0.39, 0.29) is 5.91 Å². The van der Waals surface area contributed by atoms with Crippen LogP contribution in [-0.2, 0) is 6.54 Å². The lowest BCUT2D eigenvalue weighted by atomic mass is 10.2. The maximum Gasteiger partial charge on any atom is 0.254 e. The van der Waals surface area contributed by atoms with Gasteiger partial charge in [-0.3, -0.25) is 4.79 Å². The fraction of sp³-hybridized carbons (Fsp3) is 0.0526. The molecule has 0 saturated heterocycles. The highest BCUT2D eigenvalue weighted by atomic mass is 35.5. The minimum absolute atomic E-state index is 0.297. The number of aromatic nitrogens is 2. The molecule has 0 fully saturated rings. The molecule has 3 aromatic rings. The first-order valence-electron chi connectivity index (χ1n) is 7.77. The Morgan fingerprint density at radius 2 is 1.77 bits per heavy atom. The van der Waals surface area contributed by atoms with Crippen molar-refractivity contribution < 1.29 is 4.79 Å². The fourth-order valence-corrected chi connectivity index (χ4v) is 2.44. The molecule has 2 aromatic carbocycles. The molecule has 0 bridgehead atoms. The second-order valence-corrected chi connectivity index (χ2v) is 5.76. The van der Waals surface area contributed by atoms with Crippen LogP contribution in [0.5, 0.6) is 0 Å². The minimum atomic E-state index is -0.297. The molecule has 0 saturated carbocycles. The van der Waals surface area contributed by atoms with Gasteiger partial charge in [-0.15, -0.1) is 0 Å². The number of hydrogen-bond donors (Lipinski definition) is 2. The molecule has 0 aliphatic carbocycles. The molecule has 0 aliphatic rings. The molecule has 128 valence electrons. The van der Waals surface area contributed by atoms with E-state index in [1.54, 1.807) is 30.3 Å². The molecule has 1 heterocycles. The van der Waals surface area contributed by atoms with Crippen LogP contribution < -0.4 is 10.6 Å². The number of amides is 1. The summed E-state index contributed by atoms with van der Waals surface area (Å²) in [6.07, 6.45) is 2.85. The largest absolute Gasteiger partial charge is 0.348 e. The minimum Gasteiger partial charge on any atom is -0.348 e. The first-order chi connectivity index (χ1) is 12.7. The molecule has 6 nitrogen and oxygen atoms in total. The van der Waals surface area contributed by atoms with E-state index in [9.17, 15) is 4.79 Å². The van der Waals surface area contributed by atoms with E-state index in [4.69, 9.17) is 16.9 Å². The predicted molar refractivity (Wildman–Crippen MR) is 99.1 cm³/mol. The lowest BCUT2D eigenvalue weighted by molar-refractivity contribution is 0.0950. The summed E-state index contributed by atoms with van der Waals surface area (Å²) in [6, 6.07) is 16.4. The highest BCUT2D eigenvalue weighted by molar-refractivity contribution is 6.31. The van der Waals surface area contributed by atoms with Gasteiger partial charge in [0.05, 0.1) is 16.8 Å². The van der Waals surface area contributed by atoms with Gasteiger partial charge in [0.1, 0.15) is 6.07 Å². The molecule has 1 aromatic heterocycles. The lowest BCUT2D eigenvalue weighted by Gasteiger charge is -2.08. The molecule has 0 spiro atoms. The van der Waals surface area contributed by atoms with E-state index in [2.05, 4.69) is 26.7 Å². The number of hydrogen-bond acceptors (Lipinski definition) is 5. The summed E-state index contributed by atoms with van der Waals surface area (Å²) in [7, 11) is 0. The van der Waals surface area contributed by atoms with E-state index in [0.717, 1.165) is 5.56 Å². The molecule has 0 unspecified atom stereocenters. The van der Waals surface area contributed by atoms with Crippen molar-refractivity contribution in [2.45, 2.75) is 6.54 Å². The van der Waals surface area contributed by atoms with Crippen LogP contribution in [0.4, 0.5) is 11.6 Å². The molecule has 0 atom stereocenters. The number of nitriles is 1. The van der Waals surface area contributed by atoms with Crippen molar-refractivity contribution in [3.63, 3.8) is 0 Å². The fourth-order valence-electron chi connectivity index (χ4n) is 2.24. The number of carbonyl (C=O) groups excluding carboxylic acids is 1. The van der Waals surface area contributed by atoms with E-state index < -0.39 is 0 Å². The standard InChI is InChI=1S/C19H14ClN5O/c20-16-7-3-1-6-14(16)10-22-18(26)15-11-23-19(24-12-15)25-17-8-4-2-5-13(17)9-21/h1-8,11-12H,10H2,(H,22,26)(H,23,24,25). The van der Waals surface area contributed by atoms with E-state index in [0.29, 0.717) is 34.3 Å². The van der Waals surface area contributed by atoms with Crippen LogP contribution in [0.1, 0.15) is 21.5 Å². The number of nitrogens with zero attached hydrogens (tertiary/aromatic N) is 3. The van der Waals surface area contributed by atoms with Gasteiger partial charge in [0, 0.05) is 24.0 Å². The summed E-state index contributed by atoms with van der Waals surface area (Å²) in [5.41, 5.74) is 2.24. The molecule has 0 aliphatic heterocycles.